The Labute approximate surface area is 340 Å². The quantitative estimate of drug-likeness (QED) is 0.230. The first kappa shape index (κ1) is 39.1. The normalized spacial score (nSPS) is 22.7. The molecule has 6 amide bonds. The highest BCUT2D eigenvalue weighted by atomic mass is 19.4. The van der Waals surface area contributed by atoms with Crippen molar-refractivity contribution in [1.29, 1.82) is 0 Å². The highest BCUT2D eigenvalue weighted by Gasteiger charge is 2.45. The second kappa shape index (κ2) is 15.3. The van der Waals surface area contributed by atoms with Crippen molar-refractivity contribution < 1.29 is 41.9 Å². The van der Waals surface area contributed by atoms with Crippen molar-refractivity contribution in [2.75, 3.05) is 67.5 Å². The van der Waals surface area contributed by atoms with Crippen LogP contribution in [0.1, 0.15) is 81.3 Å². The fourth-order valence-corrected chi connectivity index (χ4v) is 8.85. The molecule has 3 saturated heterocycles. The van der Waals surface area contributed by atoms with Gasteiger partial charge in [0, 0.05) is 82.8 Å². The summed E-state index contributed by atoms with van der Waals surface area (Å²) in [5.74, 6) is -2.83. The molecule has 0 spiro atoms. The van der Waals surface area contributed by atoms with Crippen LogP contribution in [0.25, 0.3) is 5.65 Å². The van der Waals surface area contributed by atoms with Crippen LogP contribution in [0.2, 0.25) is 0 Å². The molecule has 7 heterocycles. The zero-order chi connectivity index (χ0) is 41.9. The Bertz CT molecular complexity index is 2410. The van der Waals surface area contributed by atoms with Crippen LogP contribution in [0, 0.1) is 5.92 Å². The van der Waals surface area contributed by atoms with Gasteiger partial charge in [0.1, 0.15) is 17.4 Å². The maximum Gasteiger partial charge on any atom is 0.437 e. The second-order valence-corrected chi connectivity index (χ2v) is 15.7. The summed E-state index contributed by atoms with van der Waals surface area (Å²) >= 11 is 0. The van der Waals surface area contributed by atoms with Gasteiger partial charge in [-0.3, -0.25) is 43.7 Å². The fraction of sp³-hybridized carbons (Fsp3) is 0.462. The van der Waals surface area contributed by atoms with E-state index in [0.717, 1.165) is 18.0 Å². The van der Waals surface area contributed by atoms with Crippen LogP contribution in [-0.4, -0.2) is 128 Å². The van der Waals surface area contributed by atoms with E-state index in [1.54, 1.807) is 35.4 Å². The minimum Gasteiger partial charge on any atom is -0.368 e. The third-order valence-corrected chi connectivity index (χ3v) is 12.1. The number of piperazine rings is 2. The number of imide groups is 2. The van der Waals surface area contributed by atoms with E-state index in [-0.39, 0.29) is 47.0 Å². The lowest BCUT2D eigenvalue weighted by Gasteiger charge is -2.39. The number of nitrogens with one attached hydrogen (secondary N) is 3. The predicted molar refractivity (Wildman–Crippen MR) is 206 cm³/mol. The Balaban J connectivity index is 0.809. The van der Waals surface area contributed by atoms with E-state index >= 15 is 0 Å². The number of piperidine rings is 1. The smallest absolute Gasteiger partial charge is 0.368 e. The number of benzene rings is 1. The molecule has 1 aliphatic carbocycles. The van der Waals surface area contributed by atoms with Gasteiger partial charge in [0.25, 0.3) is 17.7 Å². The van der Waals surface area contributed by atoms with Crippen LogP contribution in [0.4, 0.5) is 30.4 Å². The average molecular weight is 831 g/mol. The lowest BCUT2D eigenvalue weighted by atomic mass is 9.85. The van der Waals surface area contributed by atoms with E-state index in [4.69, 9.17) is 0 Å². The summed E-state index contributed by atoms with van der Waals surface area (Å²) in [4.78, 5) is 89.0. The summed E-state index contributed by atoms with van der Waals surface area (Å²) in [6.07, 6.45) is 1.08. The molecule has 1 saturated carbocycles. The predicted octanol–water partition coefficient (Wildman–Crippen LogP) is 2.09. The van der Waals surface area contributed by atoms with Crippen molar-refractivity contribution in [3.63, 3.8) is 0 Å². The highest BCUT2D eigenvalue weighted by molar-refractivity contribution is 6.23. The maximum absolute atomic E-state index is 14.3. The molecule has 5 aliphatic rings. The number of hydrogen-bond donors (Lipinski definition) is 3. The summed E-state index contributed by atoms with van der Waals surface area (Å²) in [6.45, 7) is 4.70. The van der Waals surface area contributed by atoms with Gasteiger partial charge in [0.2, 0.25) is 17.7 Å². The minimum atomic E-state index is -4.85. The number of anilines is 3. The van der Waals surface area contributed by atoms with Crippen LogP contribution < -0.4 is 25.8 Å². The summed E-state index contributed by atoms with van der Waals surface area (Å²) in [5.41, 5.74) is -0.413. The van der Waals surface area contributed by atoms with Crippen LogP contribution >= 0.6 is 0 Å². The van der Waals surface area contributed by atoms with E-state index in [2.05, 4.69) is 36.0 Å². The van der Waals surface area contributed by atoms with Crippen molar-refractivity contribution >= 4 is 58.3 Å². The number of alkyl halides is 3. The zero-order valence-electron chi connectivity index (χ0n) is 32.3. The Kier molecular flexibility index (Phi) is 9.99. The third-order valence-electron chi connectivity index (χ3n) is 12.1. The number of hydrogen-bond acceptors (Lipinski definition) is 12. The molecule has 314 valence electrons. The van der Waals surface area contributed by atoms with Crippen molar-refractivity contribution in [2.45, 2.75) is 56.8 Å². The van der Waals surface area contributed by atoms with E-state index in [9.17, 15) is 41.9 Å². The van der Waals surface area contributed by atoms with Gasteiger partial charge in [-0.2, -0.15) is 23.4 Å². The Morgan fingerprint density at radius 3 is 2.30 bits per heavy atom. The second-order valence-electron chi connectivity index (χ2n) is 15.7. The van der Waals surface area contributed by atoms with E-state index in [0.29, 0.717) is 76.5 Å². The van der Waals surface area contributed by atoms with Gasteiger partial charge >= 0.3 is 6.18 Å². The number of halogens is 3. The number of fused-ring (bicyclic) bond motifs is 2. The summed E-state index contributed by atoms with van der Waals surface area (Å²) in [5, 5.41) is 15.9. The first-order valence-corrected chi connectivity index (χ1v) is 20.0. The molecule has 0 radical (unpaired) electrons. The molecule has 1 atom stereocenters. The van der Waals surface area contributed by atoms with Crippen molar-refractivity contribution in [2.24, 2.45) is 5.92 Å². The molecule has 4 aromatic rings. The van der Waals surface area contributed by atoms with Crippen LogP contribution in [0.15, 0.2) is 42.9 Å². The molecule has 4 aliphatic heterocycles. The van der Waals surface area contributed by atoms with Crippen LogP contribution in [0.5, 0.6) is 0 Å². The number of carbonyl (C=O) groups is 6. The lowest BCUT2D eigenvalue weighted by molar-refractivity contribution is -0.141. The van der Waals surface area contributed by atoms with Gasteiger partial charge in [0.05, 0.1) is 29.1 Å². The van der Waals surface area contributed by atoms with Gasteiger partial charge < -0.3 is 25.3 Å². The summed E-state index contributed by atoms with van der Waals surface area (Å²) < 4.78 is 45.5. The first-order valence-electron chi connectivity index (χ1n) is 20.0. The number of aromatic nitrogens is 5. The molecule has 4 fully saturated rings. The number of nitrogens with zero attached hydrogens (tertiary/aromatic N) is 9. The molecule has 60 heavy (non-hydrogen) atoms. The van der Waals surface area contributed by atoms with Gasteiger partial charge in [0.15, 0.2) is 11.3 Å². The Morgan fingerprint density at radius 1 is 0.850 bits per heavy atom. The topological polar surface area (TPSA) is 199 Å². The molecule has 9 rings (SSSR count). The molecule has 1 unspecified atom stereocenters. The monoisotopic (exact) mass is 830 g/mol. The standard InChI is InChI=1S/C39H41F3N12O6/c40-39(41,42)32-28(45-34(56)27-20-44-52-12-9-30(46-33(27)52)50-13-10-43-11-14-50)21-53(48-32)23-3-1-22(2-4-23)36(58)51-17-15-49(16-18-51)24-5-6-25-26(19-24)38(60)54(37(25)59)29-7-8-31(55)47-35(29)57/h5-6,9,12,19-23,29,43H,1-4,7-8,10-11,13-18H2,(H,45,56)(H,47,55,57). The number of rotatable bonds is 7. The largest absolute Gasteiger partial charge is 0.437 e. The number of amides is 6. The van der Waals surface area contributed by atoms with Crippen molar-refractivity contribution in [3.05, 3.63) is 65.2 Å². The van der Waals surface area contributed by atoms with Crippen molar-refractivity contribution in [3.8, 4) is 0 Å². The van der Waals surface area contributed by atoms with E-state index in [1.807, 2.05) is 4.90 Å². The lowest BCUT2D eigenvalue weighted by Crippen LogP contribution is -2.54. The molecular weight excluding hydrogens is 790 g/mol. The third kappa shape index (κ3) is 7.19. The van der Waals surface area contributed by atoms with E-state index < -0.39 is 59.2 Å². The molecule has 18 nitrogen and oxygen atoms in total. The van der Waals surface area contributed by atoms with Gasteiger partial charge in [-0.25, -0.2) is 9.50 Å². The van der Waals surface area contributed by atoms with Gasteiger partial charge in [-0.05, 0) is 56.4 Å². The fourth-order valence-electron chi connectivity index (χ4n) is 8.85. The maximum atomic E-state index is 14.3. The number of carbonyl (C=O) groups excluding carboxylic acids is 6. The molecule has 21 heteroatoms. The minimum absolute atomic E-state index is 0.0185. The Morgan fingerprint density at radius 2 is 1.58 bits per heavy atom. The molecule has 3 N–H and O–H groups in total. The molecule has 0 bridgehead atoms. The molecule has 3 aromatic heterocycles. The van der Waals surface area contributed by atoms with Gasteiger partial charge in [-0.1, -0.05) is 0 Å². The summed E-state index contributed by atoms with van der Waals surface area (Å²) in [6, 6.07) is 5.21. The molecular formula is C39H41F3N12O6. The summed E-state index contributed by atoms with van der Waals surface area (Å²) in [7, 11) is 0. The Hall–Kier alpha value is -6.38. The highest BCUT2D eigenvalue weighted by Crippen LogP contribution is 2.39. The first-order chi connectivity index (χ1) is 28.8. The van der Waals surface area contributed by atoms with E-state index in [1.165, 1.54) is 21.6 Å². The SMILES string of the molecule is O=C1CCC(N2C(=O)c3ccc(N4CCN(C(=O)C5CCC(n6cc(NC(=O)c7cnn8ccc(N9CCNCC9)nc78)c(C(F)(F)F)n6)CC5)CC4)cc3C2=O)C(=O)N1. The molecule has 1 aromatic carbocycles. The average Bonchev–Trinajstić information content (AvgIpc) is 3.95. The van der Waals surface area contributed by atoms with Gasteiger partial charge in [-0.15, -0.1) is 0 Å². The van der Waals surface area contributed by atoms with Crippen molar-refractivity contribution in [1.82, 2.24) is 44.8 Å². The zero-order valence-corrected chi connectivity index (χ0v) is 32.3. The van der Waals surface area contributed by atoms with Crippen LogP contribution in [0.3, 0.4) is 0 Å². The van der Waals surface area contributed by atoms with Crippen LogP contribution in [-0.2, 0) is 20.6 Å².